The van der Waals surface area contributed by atoms with Crippen LogP contribution in [0, 0.1) is 11.3 Å². The van der Waals surface area contributed by atoms with Crippen molar-refractivity contribution in [2.75, 3.05) is 14.2 Å². The van der Waals surface area contributed by atoms with Crippen LogP contribution in [0.5, 0.6) is 11.5 Å². The predicted molar refractivity (Wildman–Crippen MR) is 101 cm³/mol. The van der Waals surface area contributed by atoms with Crippen LogP contribution in [0.2, 0.25) is 0 Å². The number of benzene rings is 1. The van der Waals surface area contributed by atoms with Gasteiger partial charge in [-0.05, 0) is 24.8 Å². The van der Waals surface area contributed by atoms with Gasteiger partial charge in [0.15, 0.2) is 17.3 Å². The Morgan fingerprint density at radius 1 is 1.26 bits per heavy atom. The number of Topliss-reactive ketones (excluding diaryl/α,β-unsaturated/α-hetero) is 1. The van der Waals surface area contributed by atoms with Crippen molar-refractivity contribution >= 4 is 17.5 Å². The Kier molecular flexibility index (Phi) is 4.84. The number of hydrogen-bond donors (Lipinski definition) is 1. The number of methoxy groups -OCH3 is 2. The second kappa shape index (κ2) is 6.83. The van der Waals surface area contributed by atoms with Gasteiger partial charge in [0.05, 0.1) is 14.2 Å². The first-order chi connectivity index (χ1) is 12.7. The van der Waals surface area contributed by atoms with E-state index in [1.54, 1.807) is 25.1 Å². The number of allylic oxidation sites excluding steroid dienone is 2. The fraction of sp³-hybridized carbons (Fsp3) is 0.476. The van der Waals surface area contributed by atoms with Crippen LogP contribution in [0.15, 0.2) is 34.5 Å². The van der Waals surface area contributed by atoms with Crippen molar-refractivity contribution in [1.82, 2.24) is 0 Å². The number of para-hydroxylation sites is 1. The number of ether oxygens (including phenoxy) is 2. The van der Waals surface area contributed by atoms with Gasteiger partial charge < -0.3 is 14.6 Å². The average molecular weight is 371 g/mol. The van der Waals surface area contributed by atoms with Gasteiger partial charge in [0.25, 0.3) is 0 Å². The highest BCUT2D eigenvalue weighted by Crippen LogP contribution is 2.50. The number of aliphatic imine (C=N–C) groups is 1. The number of phenols is 1. The van der Waals surface area contributed by atoms with E-state index in [0.29, 0.717) is 41.1 Å². The van der Waals surface area contributed by atoms with Crippen LogP contribution >= 0.6 is 0 Å². The first-order valence-electron chi connectivity index (χ1n) is 8.95. The van der Waals surface area contributed by atoms with E-state index in [4.69, 9.17) is 9.47 Å². The zero-order valence-electron chi connectivity index (χ0n) is 16.3. The molecule has 3 rings (SSSR count). The highest BCUT2D eigenvalue weighted by Gasteiger charge is 2.46. The number of carbonyl (C=O) groups excluding carboxylic acids is 2. The molecule has 1 aromatic carbocycles. The number of hydrogen-bond acceptors (Lipinski definition) is 6. The molecule has 1 unspecified atom stereocenters. The maximum Gasteiger partial charge on any atom is 0.315 e. The largest absolute Gasteiger partial charge is 0.504 e. The summed E-state index contributed by atoms with van der Waals surface area (Å²) in [7, 11) is 2.77. The molecule has 1 aromatic rings. The molecule has 0 saturated carbocycles. The van der Waals surface area contributed by atoms with E-state index >= 15 is 0 Å². The quantitative estimate of drug-likeness (QED) is 0.823. The predicted octanol–water partition coefficient (Wildman–Crippen LogP) is 3.39. The summed E-state index contributed by atoms with van der Waals surface area (Å²) in [6.45, 7) is 5.83. The molecule has 2 aliphatic rings. The molecule has 1 heterocycles. The topological polar surface area (TPSA) is 85.2 Å². The molecule has 6 heteroatoms. The maximum absolute atomic E-state index is 13.1. The lowest BCUT2D eigenvalue weighted by Gasteiger charge is -2.39. The zero-order chi connectivity index (χ0) is 19.9. The van der Waals surface area contributed by atoms with Gasteiger partial charge in [-0.2, -0.15) is 0 Å². The van der Waals surface area contributed by atoms with E-state index in [0.717, 1.165) is 0 Å². The van der Waals surface area contributed by atoms with Gasteiger partial charge >= 0.3 is 5.97 Å². The van der Waals surface area contributed by atoms with E-state index < -0.39 is 17.8 Å². The lowest BCUT2D eigenvalue weighted by molar-refractivity contribution is -0.143. The van der Waals surface area contributed by atoms with E-state index in [1.165, 1.54) is 14.2 Å². The molecule has 6 nitrogen and oxygen atoms in total. The summed E-state index contributed by atoms with van der Waals surface area (Å²) >= 11 is 0. The van der Waals surface area contributed by atoms with Crippen molar-refractivity contribution in [3.05, 3.63) is 35.0 Å². The summed E-state index contributed by atoms with van der Waals surface area (Å²) in [4.78, 5) is 30.3. The summed E-state index contributed by atoms with van der Waals surface area (Å²) in [6, 6.07) is 5.09. The number of aromatic hydroxyl groups is 1. The minimum Gasteiger partial charge on any atom is -0.504 e. The summed E-state index contributed by atoms with van der Waals surface area (Å²) < 4.78 is 10.2. The SMILES string of the molecule is COC(=O)C1C(C)=NC2=C(C(=O)CC(C)(C)C2)[C@H]1c1cccc(OC)c1O. The number of nitrogens with zero attached hydrogens (tertiary/aromatic N) is 1. The van der Waals surface area contributed by atoms with Crippen molar-refractivity contribution in [2.45, 2.75) is 39.5 Å². The normalized spacial score (nSPS) is 24.2. The molecule has 1 aliphatic heterocycles. The third-order valence-electron chi connectivity index (χ3n) is 5.34. The van der Waals surface area contributed by atoms with Crippen molar-refractivity contribution in [3.8, 4) is 11.5 Å². The maximum atomic E-state index is 13.1. The molecule has 27 heavy (non-hydrogen) atoms. The molecule has 0 saturated heterocycles. The van der Waals surface area contributed by atoms with Gasteiger partial charge in [0, 0.05) is 34.9 Å². The summed E-state index contributed by atoms with van der Waals surface area (Å²) in [5.41, 5.74) is 2.05. The van der Waals surface area contributed by atoms with Gasteiger partial charge in [0.2, 0.25) is 0 Å². The van der Waals surface area contributed by atoms with Gasteiger partial charge in [-0.15, -0.1) is 0 Å². The van der Waals surface area contributed by atoms with Crippen LogP contribution in [0.3, 0.4) is 0 Å². The highest BCUT2D eigenvalue weighted by atomic mass is 16.5. The minimum absolute atomic E-state index is 0.0429. The van der Waals surface area contributed by atoms with Crippen LogP contribution in [0.25, 0.3) is 0 Å². The summed E-state index contributed by atoms with van der Waals surface area (Å²) in [6.07, 6.45) is 1.01. The smallest absolute Gasteiger partial charge is 0.315 e. The molecular formula is C21H25NO5. The van der Waals surface area contributed by atoms with Crippen LogP contribution in [-0.4, -0.2) is 36.8 Å². The fourth-order valence-electron chi connectivity index (χ4n) is 4.17. The van der Waals surface area contributed by atoms with Gasteiger partial charge in [0.1, 0.15) is 5.92 Å². The van der Waals surface area contributed by atoms with Crippen LogP contribution in [-0.2, 0) is 14.3 Å². The lowest BCUT2D eigenvalue weighted by atomic mass is 9.66. The number of esters is 1. The van der Waals surface area contributed by atoms with Crippen LogP contribution < -0.4 is 4.74 Å². The molecule has 0 bridgehead atoms. The third kappa shape index (κ3) is 3.24. The Morgan fingerprint density at radius 3 is 2.59 bits per heavy atom. The average Bonchev–Trinajstić information content (AvgIpc) is 2.59. The molecule has 0 spiro atoms. The first kappa shape index (κ1) is 19.1. The van der Waals surface area contributed by atoms with E-state index in [9.17, 15) is 14.7 Å². The van der Waals surface area contributed by atoms with Gasteiger partial charge in [-0.1, -0.05) is 26.0 Å². The molecule has 0 amide bonds. The molecule has 0 aromatic heterocycles. The zero-order valence-corrected chi connectivity index (χ0v) is 16.3. The summed E-state index contributed by atoms with van der Waals surface area (Å²) in [5.74, 6) is -1.72. The number of carbonyl (C=O) groups is 2. The Morgan fingerprint density at radius 2 is 1.96 bits per heavy atom. The number of phenolic OH excluding ortho intramolecular Hbond substituents is 1. The third-order valence-corrected chi connectivity index (χ3v) is 5.34. The molecule has 0 fully saturated rings. The van der Waals surface area contributed by atoms with Crippen molar-refractivity contribution in [2.24, 2.45) is 16.3 Å². The molecule has 1 aliphatic carbocycles. The standard InChI is InChI=1S/C21H25NO5/c1-11-16(20(25)27-5)17(12-7-6-8-15(26-4)19(12)24)18-13(22-11)9-21(2,3)10-14(18)23/h6-8,16-17,24H,9-10H2,1-5H3/t16?,17-/m0/s1. The van der Waals surface area contributed by atoms with E-state index in [1.807, 2.05) is 13.8 Å². The van der Waals surface area contributed by atoms with Crippen molar-refractivity contribution in [1.29, 1.82) is 0 Å². The Bertz CT molecular complexity index is 865. The van der Waals surface area contributed by atoms with E-state index in [2.05, 4.69) is 4.99 Å². The van der Waals surface area contributed by atoms with E-state index in [-0.39, 0.29) is 16.9 Å². The van der Waals surface area contributed by atoms with Gasteiger partial charge in [-0.25, -0.2) is 0 Å². The second-order valence-corrected chi connectivity index (χ2v) is 7.93. The molecule has 2 atom stereocenters. The Balaban J connectivity index is 2.25. The molecule has 0 radical (unpaired) electrons. The lowest BCUT2D eigenvalue weighted by Crippen LogP contribution is -2.39. The fourth-order valence-corrected chi connectivity index (χ4v) is 4.17. The minimum atomic E-state index is -0.767. The molecular weight excluding hydrogens is 346 g/mol. The van der Waals surface area contributed by atoms with Crippen LogP contribution in [0.1, 0.15) is 45.1 Å². The van der Waals surface area contributed by atoms with Gasteiger partial charge in [-0.3, -0.25) is 14.6 Å². The van der Waals surface area contributed by atoms with Crippen molar-refractivity contribution < 1.29 is 24.2 Å². The second-order valence-electron chi connectivity index (χ2n) is 7.93. The Hall–Kier alpha value is -2.63. The first-order valence-corrected chi connectivity index (χ1v) is 8.95. The number of rotatable bonds is 3. The highest BCUT2D eigenvalue weighted by molar-refractivity contribution is 6.09. The molecule has 144 valence electrons. The van der Waals surface area contributed by atoms with Crippen molar-refractivity contribution in [3.63, 3.8) is 0 Å². The number of ketones is 1. The monoisotopic (exact) mass is 371 g/mol. The molecule has 1 N–H and O–H groups in total. The van der Waals surface area contributed by atoms with Crippen LogP contribution in [0.4, 0.5) is 0 Å². The summed E-state index contributed by atoms with van der Waals surface area (Å²) in [5, 5.41) is 10.7. The Labute approximate surface area is 158 Å².